The Morgan fingerprint density at radius 3 is 1.68 bits per heavy atom. The third-order valence-electron chi connectivity index (χ3n) is 3.54. The molecule has 0 aromatic heterocycles. The molecular weight excluding hydrogens is 298 g/mol. The molecule has 6 heteroatoms. The van der Waals surface area contributed by atoms with Crippen molar-refractivity contribution in [3.05, 3.63) is 0 Å². The first-order chi connectivity index (χ1) is 10.2. The van der Waals surface area contributed by atoms with Gasteiger partial charge in [-0.2, -0.15) is 0 Å². The van der Waals surface area contributed by atoms with E-state index in [1.807, 2.05) is 0 Å². The van der Waals surface area contributed by atoms with E-state index in [1.165, 1.54) is 64.2 Å². The molecule has 0 atom stereocenters. The lowest BCUT2D eigenvalue weighted by atomic mass is 10.1. The van der Waals surface area contributed by atoms with Crippen LogP contribution in [0.15, 0.2) is 9.98 Å². The standard InChI is InChI=1S/C16H35N5.ClH/c1-3-4-5-6-7-8-9-10-11-12-13-14-20-16(18)21-15(17)19-2;/h3-14H2,1-2H3,(H5,17,18,19,20,21);1H. The average molecular weight is 334 g/mol. The van der Waals surface area contributed by atoms with Crippen LogP contribution < -0.4 is 16.8 Å². The predicted octanol–water partition coefficient (Wildman–Crippen LogP) is 3.57. The highest BCUT2D eigenvalue weighted by Crippen LogP contribution is 2.11. The Morgan fingerprint density at radius 2 is 1.23 bits per heavy atom. The Hall–Kier alpha value is -0.970. The smallest absolute Gasteiger partial charge is 0.195 e. The van der Waals surface area contributed by atoms with Crippen molar-refractivity contribution < 1.29 is 0 Å². The molecule has 5 nitrogen and oxygen atoms in total. The first kappa shape index (κ1) is 23.3. The van der Waals surface area contributed by atoms with Gasteiger partial charge in [0.1, 0.15) is 0 Å². The summed E-state index contributed by atoms with van der Waals surface area (Å²) >= 11 is 0. The molecule has 0 unspecified atom stereocenters. The molecule has 0 saturated heterocycles. The highest BCUT2D eigenvalue weighted by atomic mass is 35.5. The van der Waals surface area contributed by atoms with E-state index in [1.54, 1.807) is 7.05 Å². The van der Waals surface area contributed by atoms with Crippen molar-refractivity contribution in [1.82, 2.24) is 5.32 Å². The van der Waals surface area contributed by atoms with Gasteiger partial charge in [0, 0.05) is 13.6 Å². The van der Waals surface area contributed by atoms with Crippen LogP contribution >= 0.6 is 12.4 Å². The van der Waals surface area contributed by atoms with Crippen LogP contribution in [0.25, 0.3) is 0 Å². The number of aliphatic imine (C=N–C) groups is 2. The van der Waals surface area contributed by atoms with Gasteiger partial charge in [-0.25, -0.2) is 0 Å². The topological polar surface area (TPSA) is 88.8 Å². The fourth-order valence-corrected chi connectivity index (χ4v) is 2.20. The van der Waals surface area contributed by atoms with E-state index in [2.05, 4.69) is 22.2 Å². The van der Waals surface area contributed by atoms with E-state index in [4.69, 9.17) is 11.5 Å². The largest absolute Gasteiger partial charge is 0.370 e. The SMILES string of the molecule is CCCCCCCCCCCCCN=C(N)NC(N)=NC.Cl. The zero-order valence-corrected chi connectivity index (χ0v) is 15.3. The van der Waals surface area contributed by atoms with Crippen LogP contribution in [0.1, 0.15) is 77.6 Å². The molecular formula is C16H36ClN5. The number of guanidine groups is 2. The van der Waals surface area contributed by atoms with Crippen LogP contribution in [0.2, 0.25) is 0 Å². The molecule has 0 aliphatic carbocycles. The monoisotopic (exact) mass is 333 g/mol. The Bertz CT molecular complexity index is 292. The van der Waals surface area contributed by atoms with Gasteiger partial charge in [0.25, 0.3) is 0 Å². The molecule has 0 bridgehead atoms. The molecule has 0 spiro atoms. The van der Waals surface area contributed by atoms with E-state index in [0.29, 0.717) is 11.9 Å². The Morgan fingerprint density at radius 1 is 0.773 bits per heavy atom. The van der Waals surface area contributed by atoms with Gasteiger partial charge < -0.3 is 11.5 Å². The first-order valence-corrected chi connectivity index (χ1v) is 8.50. The lowest BCUT2D eigenvalue weighted by molar-refractivity contribution is 0.551. The third kappa shape index (κ3) is 17.1. The van der Waals surface area contributed by atoms with Crippen molar-refractivity contribution in [2.24, 2.45) is 21.5 Å². The average Bonchev–Trinajstić information content (AvgIpc) is 2.48. The van der Waals surface area contributed by atoms with Crippen LogP contribution in [0.5, 0.6) is 0 Å². The molecule has 22 heavy (non-hydrogen) atoms. The summed E-state index contributed by atoms with van der Waals surface area (Å²) in [6.07, 6.45) is 14.7. The van der Waals surface area contributed by atoms with Gasteiger partial charge in [-0.15, -0.1) is 12.4 Å². The van der Waals surface area contributed by atoms with Crippen LogP contribution in [-0.4, -0.2) is 25.5 Å². The van der Waals surface area contributed by atoms with Crippen LogP contribution in [0.3, 0.4) is 0 Å². The molecule has 0 aromatic rings. The number of nitrogens with one attached hydrogen (secondary N) is 1. The quantitative estimate of drug-likeness (QED) is 0.290. The summed E-state index contributed by atoms with van der Waals surface area (Å²) in [6, 6.07) is 0. The molecule has 0 aromatic carbocycles. The van der Waals surface area contributed by atoms with Crippen LogP contribution in [0.4, 0.5) is 0 Å². The number of unbranched alkanes of at least 4 members (excludes halogenated alkanes) is 10. The Balaban J connectivity index is 0. The summed E-state index contributed by atoms with van der Waals surface area (Å²) in [4.78, 5) is 7.97. The summed E-state index contributed by atoms with van der Waals surface area (Å²) in [7, 11) is 1.61. The molecule has 0 saturated carbocycles. The third-order valence-corrected chi connectivity index (χ3v) is 3.54. The maximum absolute atomic E-state index is 5.66. The normalized spacial score (nSPS) is 12.1. The van der Waals surface area contributed by atoms with Gasteiger partial charge in [0.15, 0.2) is 11.9 Å². The summed E-state index contributed by atoms with van der Waals surface area (Å²) in [5.41, 5.74) is 11.1. The van der Waals surface area contributed by atoms with Crippen molar-refractivity contribution in [1.29, 1.82) is 0 Å². The molecule has 0 aliphatic rings. The Kier molecular flexibility index (Phi) is 19.1. The van der Waals surface area contributed by atoms with Crippen LogP contribution in [0, 0.1) is 0 Å². The molecule has 0 aliphatic heterocycles. The van der Waals surface area contributed by atoms with Crippen molar-refractivity contribution in [3.8, 4) is 0 Å². The number of rotatable bonds is 12. The molecule has 132 valence electrons. The zero-order chi connectivity index (χ0) is 15.8. The maximum atomic E-state index is 5.66. The molecule has 0 heterocycles. The minimum Gasteiger partial charge on any atom is -0.370 e. The lowest BCUT2D eigenvalue weighted by Gasteiger charge is -2.04. The fourth-order valence-electron chi connectivity index (χ4n) is 2.20. The molecule has 0 amide bonds. The number of nitrogens with zero attached hydrogens (tertiary/aromatic N) is 2. The van der Waals surface area contributed by atoms with Crippen molar-refractivity contribution >= 4 is 24.3 Å². The van der Waals surface area contributed by atoms with Gasteiger partial charge in [0.05, 0.1) is 0 Å². The molecule has 0 rings (SSSR count). The van der Waals surface area contributed by atoms with E-state index in [-0.39, 0.29) is 12.4 Å². The van der Waals surface area contributed by atoms with Gasteiger partial charge in [-0.05, 0) is 6.42 Å². The molecule has 5 N–H and O–H groups in total. The zero-order valence-electron chi connectivity index (χ0n) is 14.4. The van der Waals surface area contributed by atoms with E-state index in [0.717, 1.165) is 13.0 Å². The van der Waals surface area contributed by atoms with Crippen molar-refractivity contribution in [3.63, 3.8) is 0 Å². The highest BCUT2D eigenvalue weighted by Gasteiger charge is 1.95. The summed E-state index contributed by atoms with van der Waals surface area (Å²) < 4.78 is 0. The Labute approximate surface area is 142 Å². The second kappa shape index (κ2) is 18.1. The summed E-state index contributed by atoms with van der Waals surface area (Å²) in [5.74, 6) is 0.653. The number of nitrogens with two attached hydrogens (primary N) is 2. The minimum atomic E-state index is 0. The summed E-state index contributed by atoms with van der Waals surface area (Å²) in [6.45, 7) is 3.02. The molecule has 0 radical (unpaired) electrons. The first-order valence-electron chi connectivity index (χ1n) is 8.50. The number of hydrogen-bond donors (Lipinski definition) is 3. The van der Waals surface area contributed by atoms with E-state index in [9.17, 15) is 0 Å². The van der Waals surface area contributed by atoms with E-state index < -0.39 is 0 Å². The van der Waals surface area contributed by atoms with Gasteiger partial charge in [0.2, 0.25) is 0 Å². The second-order valence-corrected chi connectivity index (χ2v) is 5.54. The maximum Gasteiger partial charge on any atom is 0.195 e. The highest BCUT2D eigenvalue weighted by molar-refractivity contribution is 5.96. The predicted molar refractivity (Wildman–Crippen MR) is 101 cm³/mol. The van der Waals surface area contributed by atoms with Crippen molar-refractivity contribution in [2.45, 2.75) is 77.6 Å². The van der Waals surface area contributed by atoms with Gasteiger partial charge in [-0.3, -0.25) is 15.3 Å². The second-order valence-electron chi connectivity index (χ2n) is 5.54. The lowest BCUT2D eigenvalue weighted by Crippen LogP contribution is -2.41. The summed E-state index contributed by atoms with van der Waals surface area (Å²) in [5, 5.41) is 2.72. The number of hydrogen-bond acceptors (Lipinski definition) is 2. The molecule has 0 fully saturated rings. The van der Waals surface area contributed by atoms with E-state index >= 15 is 0 Å². The van der Waals surface area contributed by atoms with Gasteiger partial charge in [-0.1, -0.05) is 71.1 Å². The minimum absolute atomic E-state index is 0. The van der Waals surface area contributed by atoms with Crippen LogP contribution in [-0.2, 0) is 0 Å². The van der Waals surface area contributed by atoms with Crippen molar-refractivity contribution in [2.75, 3.05) is 13.6 Å². The number of halogens is 1. The van der Waals surface area contributed by atoms with Gasteiger partial charge >= 0.3 is 0 Å². The fraction of sp³-hybridized carbons (Fsp3) is 0.875.